The molecule has 0 aliphatic carbocycles. The number of pyridine rings is 1. The van der Waals surface area contributed by atoms with Gasteiger partial charge < -0.3 is 0 Å². The minimum atomic E-state index is -2.89. The number of nitriles is 1. The first-order valence-electron chi connectivity index (χ1n) is 3.86. The van der Waals surface area contributed by atoms with Gasteiger partial charge in [-0.1, -0.05) is 0 Å². The normalized spacial score (nSPS) is 10.1. The topological polar surface area (TPSA) is 53.8 Å². The molecule has 78 valence electrons. The second kappa shape index (κ2) is 4.80. The Bertz CT molecular complexity index is 429. The van der Waals surface area contributed by atoms with Crippen molar-refractivity contribution >= 4 is 17.9 Å². The highest BCUT2D eigenvalue weighted by atomic mass is 35.5. The van der Waals surface area contributed by atoms with E-state index in [1.165, 1.54) is 6.07 Å². The van der Waals surface area contributed by atoms with Gasteiger partial charge in [0.1, 0.15) is 11.8 Å². The van der Waals surface area contributed by atoms with Crippen molar-refractivity contribution in [3.63, 3.8) is 0 Å². The summed E-state index contributed by atoms with van der Waals surface area (Å²) in [7, 11) is 0. The Labute approximate surface area is 89.3 Å². The van der Waals surface area contributed by atoms with E-state index in [-0.39, 0.29) is 17.0 Å². The molecule has 6 heteroatoms. The highest BCUT2D eigenvalue weighted by Gasteiger charge is 2.20. The first-order valence-corrected chi connectivity index (χ1v) is 4.40. The first-order chi connectivity index (χ1) is 7.15. The van der Waals surface area contributed by atoms with Crippen LogP contribution < -0.4 is 0 Å². The molecule has 0 aliphatic rings. The average Bonchev–Trinajstić information content (AvgIpc) is 2.26. The highest BCUT2D eigenvalue weighted by molar-refractivity contribution is 6.17. The smallest absolute Gasteiger partial charge is 0.281 e. The molecule has 1 aromatic rings. The van der Waals surface area contributed by atoms with Crippen LogP contribution in [0.25, 0.3) is 0 Å². The number of aldehydes is 1. The van der Waals surface area contributed by atoms with E-state index in [9.17, 15) is 13.6 Å². The molecule has 0 radical (unpaired) electrons. The minimum absolute atomic E-state index is 0.0563. The molecular formula is C9H5ClF2N2O. The third-order valence-corrected chi connectivity index (χ3v) is 2.10. The number of carbonyl (C=O) groups excluding carboxylic acids is 1. The Kier molecular flexibility index (Phi) is 3.69. The monoisotopic (exact) mass is 230 g/mol. The van der Waals surface area contributed by atoms with Crippen LogP contribution in [0.5, 0.6) is 0 Å². The second-order valence-electron chi connectivity index (χ2n) is 2.62. The summed E-state index contributed by atoms with van der Waals surface area (Å²) in [5.41, 5.74) is -0.933. The van der Waals surface area contributed by atoms with Crippen molar-refractivity contribution < 1.29 is 13.6 Å². The fourth-order valence-corrected chi connectivity index (χ4v) is 1.32. The summed E-state index contributed by atoms with van der Waals surface area (Å²) in [5, 5.41) is 8.67. The Hall–Kier alpha value is -1.54. The number of halogens is 3. The van der Waals surface area contributed by atoms with Gasteiger partial charge in [0.15, 0.2) is 6.29 Å². The molecule has 1 heterocycles. The molecule has 1 aromatic heterocycles. The van der Waals surface area contributed by atoms with Gasteiger partial charge in [-0.3, -0.25) is 9.78 Å². The van der Waals surface area contributed by atoms with Crippen LogP contribution in [0.2, 0.25) is 0 Å². The lowest BCUT2D eigenvalue weighted by Crippen LogP contribution is -2.03. The van der Waals surface area contributed by atoms with Crippen LogP contribution in [0.4, 0.5) is 8.78 Å². The van der Waals surface area contributed by atoms with Crippen molar-refractivity contribution in [3.05, 3.63) is 28.6 Å². The van der Waals surface area contributed by atoms with Crippen molar-refractivity contribution in [2.24, 2.45) is 0 Å². The van der Waals surface area contributed by atoms with Crippen LogP contribution in [0.15, 0.2) is 6.20 Å². The van der Waals surface area contributed by atoms with Crippen molar-refractivity contribution in [2.75, 3.05) is 0 Å². The van der Waals surface area contributed by atoms with Crippen LogP contribution in [0.3, 0.4) is 0 Å². The number of carbonyl (C=O) groups is 1. The largest absolute Gasteiger partial charge is 0.298 e. The molecule has 0 saturated heterocycles. The summed E-state index contributed by atoms with van der Waals surface area (Å²) >= 11 is 5.48. The van der Waals surface area contributed by atoms with E-state index < -0.39 is 17.7 Å². The SMILES string of the molecule is N#Cc1c(C(F)F)ncc(CCl)c1C=O. The van der Waals surface area contributed by atoms with Gasteiger partial charge in [0.05, 0.1) is 5.56 Å². The van der Waals surface area contributed by atoms with Crippen LogP contribution in [-0.4, -0.2) is 11.3 Å². The van der Waals surface area contributed by atoms with Crippen molar-refractivity contribution in [3.8, 4) is 6.07 Å². The summed E-state index contributed by atoms with van der Waals surface area (Å²) in [5.74, 6) is -0.0563. The Morgan fingerprint density at radius 1 is 1.67 bits per heavy atom. The lowest BCUT2D eigenvalue weighted by molar-refractivity contribution is 0.112. The minimum Gasteiger partial charge on any atom is -0.298 e. The van der Waals surface area contributed by atoms with Crippen LogP contribution in [0, 0.1) is 11.3 Å². The number of nitrogens with zero attached hydrogens (tertiary/aromatic N) is 2. The van der Waals surface area contributed by atoms with E-state index in [0.29, 0.717) is 6.29 Å². The molecule has 0 amide bonds. The maximum atomic E-state index is 12.4. The van der Waals surface area contributed by atoms with Gasteiger partial charge in [0, 0.05) is 17.6 Å². The van der Waals surface area contributed by atoms with E-state index >= 15 is 0 Å². The molecule has 0 aliphatic heterocycles. The van der Waals surface area contributed by atoms with E-state index in [4.69, 9.17) is 16.9 Å². The van der Waals surface area contributed by atoms with E-state index in [1.807, 2.05) is 0 Å². The van der Waals surface area contributed by atoms with E-state index in [0.717, 1.165) is 6.20 Å². The molecule has 0 aromatic carbocycles. The van der Waals surface area contributed by atoms with Gasteiger partial charge in [0.2, 0.25) is 0 Å². The quantitative estimate of drug-likeness (QED) is 0.592. The molecule has 0 atom stereocenters. The lowest BCUT2D eigenvalue weighted by atomic mass is 10.0. The summed E-state index contributed by atoms with van der Waals surface area (Å²) in [6.07, 6.45) is -1.47. The zero-order chi connectivity index (χ0) is 11.4. The predicted octanol–water partition coefficient (Wildman–Crippen LogP) is 2.44. The van der Waals surface area contributed by atoms with Gasteiger partial charge in [-0.25, -0.2) is 8.78 Å². The van der Waals surface area contributed by atoms with Crippen molar-refractivity contribution in [2.45, 2.75) is 12.3 Å². The summed E-state index contributed by atoms with van der Waals surface area (Å²) < 4.78 is 24.8. The Morgan fingerprint density at radius 2 is 2.33 bits per heavy atom. The van der Waals surface area contributed by atoms with E-state index in [2.05, 4.69) is 4.98 Å². The summed E-state index contributed by atoms with van der Waals surface area (Å²) in [6, 6.07) is 1.54. The molecule has 3 nitrogen and oxygen atoms in total. The third kappa shape index (κ3) is 2.10. The van der Waals surface area contributed by atoms with Crippen molar-refractivity contribution in [1.82, 2.24) is 4.98 Å². The van der Waals surface area contributed by atoms with Gasteiger partial charge >= 0.3 is 0 Å². The molecule has 0 N–H and O–H groups in total. The molecule has 0 bridgehead atoms. The van der Waals surface area contributed by atoms with Crippen LogP contribution >= 0.6 is 11.6 Å². The second-order valence-corrected chi connectivity index (χ2v) is 2.89. The number of aromatic nitrogens is 1. The number of rotatable bonds is 3. The van der Waals surface area contributed by atoms with Gasteiger partial charge in [-0.2, -0.15) is 5.26 Å². The average molecular weight is 231 g/mol. The zero-order valence-electron chi connectivity index (χ0n) is 7.38. The predicted molar refractivity (Wildman–Crippen MR) is 48.9 cm³/mol. The third-order valence-electron chi connectivity index (χ3n) is 1.81. The standard InChI is InChI=1S/C9H5ClF2N2O/c10-1-5-3-14-8(9(11)12)6(2-13)7(5)4-15/h3-4,9H,1H2. The van der Waals surface area contributed by atoms with Gasteiger partial charge in [0.25, 0.3) is 6.43 Å². The molecule has 0 spiro atoms. The van der Waals surface area contributed by atoms with Gasteiger partial charge in [-0.05, 0) is 5.56 Å². The Balaban J connectivity index is 3.50. The molecule has 1 rings (SSSR count). The van der Waals surface area contributed by atoms with Crippen molar-refractivity contribution in [1.29, 1.82) is 5.26 Å². The summed E-state index contributed by atoms with van der Waals surface area (Å²) in [6.45, 7) is 0. The molecule has 15 heavy (non-hydrogen) atoms. The highest BCUT2D eigenvalue weighted by Crippen LogP contribution is 2.24. The fourth-order valence-electron chi connectivity index (χ4n) is 1.10. The summed E-state index contributed by atoms with van der Waals surface area (Å²) in [4.78, 5) is 14.1. The molecule has 0 unspecified atom stereocenters. The maximum Gasteiger partial charge on any atom is 0.281 e. The fraction of sp³-hybridized carbons (Fsp3) is 0.222. The number of hydrogen-bond acceptors (Lipinski definition) is 3. The first kappa shape index (κ1) is 11.5. The maximum absolute atomic E-state index is 12.4. The van der Waals surface area contributed by atoms with Crippen LogP contribution in [-0.2, 0) is 5.88 Å². The molecule has 0 saturated carbocycles. The molecular weight excluding hydrogens is 226 g/mol. The number of alkyl halides is 3. The van der Waals surface area contributed by atoms with E-state index in [1.54, 1.807) is 0 Å². The van der Waals surface area contributed by atoms with Crippen LogP contribution in [0.1, 0.15) is 33.6 Å². The number of hydrogen-bond donors (Lipinski definition) is 0. The molecule has 0 fully saturated rings. The Morgan fingerprint density at radius 3 is 2.73 bits per heavy atom. The zero-order valence-corrected chi connectivity index (χ0v) is 8.13. The lowest BCUT2D eigenvalue weighted by Gasteiger charge is -2.06. The van der Waals surface area contributed by atoms with Gasteiger partial charge in [-0.15, -0.1) is 11.6 Å².